The summed E-state index contributed by atoms with van der Waals surface area (Å²) < 4.78 is 0. The average Bonchev–Trinajstić information content (AvgIpc) is 2.63. The van der Waals surface area contributed by atoms with Crippen LogP contribution in [-0.2, 0) is 11.4 Å². The molecule has 0 fully saturated rings. The molecule has 1 aromatic rings. The van der Waals surface area contributed by atoms with Crippen molar-refractivity contribution in [1.82, 2.24) is 0 Å². The fraction of sp³-hybridized carbons (Fsp3) is 0.444. The number of aliphatic hydroxyl groups is 3. The van der Waals surface area contributed by atoms with Crippen LogP contribution < -0.4 is 0 Å². The molecule has 0 aliphatic carbocycles. The van der Waals surface area contributed by atoms with Crippen molar-refractivity contribution < 1.29 is 25.2 Å². The Morgan fingerprint density at radius 2 is 2.13 bits per heavy atom. The standard InChI is InChI=1S/C9H12O5S/c10-3-6-1-5(4-15-6)9(14)7(11)2-8(12)13/h1,4,7,9-11,14H,2-3H2,(H,12,13). The number of carbonyl (C=O) groups is 1. The first-order chi connectivity index (χ1) is 7.04. The number of hydrogen-bond donors (Lipinski definition) is 4. The van der Waals surface area contributed by atoms with E-state index in [-0.39, 0.29) is 6.61 Å². The third-order valence-electron chi connectivity index (χ3n) is 1.92. The van der Waals surface area contributed by atoms with E-state index >= 15 is 0 Å². The summed E-state index contributed by atoms with van der Waals surface area (Å²) in [6, 6.07) is 1.54. The van der Waals surface area contributed by atoms with Crippen molar-refractivity contribution >= 4 is 17.3 Å². The van der Waals surface area contributed by atoms with Gasteiger partial charge in [-0.2, -0.15) is 0 Å². The monoisotopic (exact) mass is 232 g/mol. The van der Waals surface area contributed by atoms with Crippen LogP contribution in [0, 0.1) is 0 Å². The number of carboxylic acids is 1. The molecule has 1 heterocycles. The maximum absolute atomic E-state index is 10.3. The highest BCUT2D eigenvalue weighted by Crippen LogP contribution is 2.24. The van der Waals surface area contributed by atoms with Gasteiger partial charge in [-0.3, -0.25) is 4.79 Å². The lowest BCUT2D eigenvalue weighted by molar-refractivity contribution is -0.141. The predicted molar refractivity (Wildman–Crippen MR) is 53.5 cm³/mol. The van der Waals surface area contributed by atoms with E-state index in [4.69, 9.17) is 10.2 Å². The molecule has 0 aliphatic heterocycles. The Hall–Kier alpha value is -0.950. The zero-order valence-corrected chi connectivity index (χ0v) is 8.65. The van der Waals surface area contributed by atoms with Crippen molar-refractivity contribution in [2.45, 2.75) is 25.2 Å². The number of rotatable bonds is 5. The third-order valence-corrected chi connectivity index (χ3v) is 2.86. The number of aliphatic carboxylic acids is 1. The lowest BCUT2D eigenvalue weighted by atomic mass is 10.1. The smallest absolute Gasteiger partial charge is 0.306 e. The van der Waals surface area contributed by atoms with Crippen LogP contribution in [0.2, 0.25) is 0 Å². The summed E-state index contributed by atoms with van der Waals surface area (Å²) in [6.45, 7) is -0.133. The quantitative estimate of drug-likeness (QED) is 0.577. The van der Waals surface area contributed by atoms with Gasteiger partial charge in [0.25, 0.3) is 0 Å². The summed E-state index contributed by atoms with van der Waals surface area (Å²) in [4.78, 5) is 11.0. The van der Waals surface area contributed by atoms with Gasteiger partial charge < -0.3 is 20.4 Å². The second kappa shape index (κ2) is 5.22. The molecule has 2 atom stereocenters. The molecule has 0 spiro atoms. The van der Waals surface area contributed by atoms with Gasteiger partial charge in [0.05, 0.1) is 19.1 Å². The topological polar surface area (TPSA) is 98.0 Å². The van der Waals surface area contributed by atoms with Gasteiger partial charge >= 0.3 is 5.97 Å². The van der Waals surface area contributed by atoms with E-state index in [1.54, 1.807) is 11.4 Å². The van der Waals surface area contributed by atoms with Gasteiger partial charge in [0.1, 0.15) is 6.10 Å². The molecule has 0 saturated carbocycles. The molecule has 4 N–H and O–H groups in total. The molecular weight excluding hydrogens is 220 g/mol. The van der Waals surface area contributed by atoms with Gasteiger partial charge in [0, 0.05) is 4.88 Å². The van der Waals surface area contributed by atoms with E-state index in [1.165, 1.54) is 11.3 Å². The molecular formula is C9H12O5S. The molecule has 84 valence electrons. The summed E-state index contributed by atoms with van der Waals surface area (Å²) >= 11 is 1.25. The van der Waals surface area contributed by atoms with E-state index in [9.17, 15) is 15.0 Å². The summed E-state index contributed by atoms with van der Waals surface area (Å²) in [7, 11) is 0. The van der Waals surface area contributed by atoms with Crippen molar-refractivity contribution in [3.63, 3.8) is 0 Å². The first kappa shape index (κ1) is 12.1. The normalized spacial score (nSPS) is 14.9. The summed E-state index contributed by atoms with van der Waals surface area (Å²) in [5.41, 5.74) is 0.429. The van der Waals surface area contributed by atoms with Crippen LogP contribution in [0.4, 0.5) is 0 Å². The van der Waals surface area contributed by atoms with Gasteiger partial charge in [-0.05, 0) is 17.0 Å². The first-order valence-corrected chi connectivity index (χ1v) is 5.18. The molecule has 15 heavy (non-hydrogen) atoms. The molecule has 0 aromatic carbocycles. The Kier molecular flexibility index (Phi) is 4.22. The average molecular weight is 232 g/mol. The van der Waals surface area contributed by atoms with Crippen LogP contribution in [0.5, 0.6) is 0 Å². The van der Waals surface area contributed by atoms with Crippen molar-refractivity contribution in [3.05, 3.63) is 21.9 Å². The minimum absolute atomic E-state index is 0.133. The highest BCUT2D eigenvalue weighted by Gasteiger charge is 2.21. The molecule has 2 unspecified atom stereocenters. The van der Waals surface area contributed by atoms with Crippen LogP contribution in [0.1, 0.15) is 23.0 Å². The van der Waals surface area contributed by atoms with Crippen molar-refractivity contribution in [2.24, 2.45) is 0 Å². The Balaban J connectivity index is 2.66. The summed E-state index contributed by atoms with van der Waals surface area (Å²) in [5, 5.41) is 37.7. The molecule has 1 aromatic heterocycles. The number of hydrogen-bond acceptors (Lipinski definition) is 5. The second-order valence-corrected chi connectivity index (χ2v) is 4.11. The molecule has 0 saturated heterocycles. The van der Waals surface area contributed by atoms with Crippen molar-refractivity contribution in [1.29, 1.82) is 0 Å². The second-order valence-electron chi connectivity index (χ2n) is 3.11. The Morgan fingerprint density at radius 1 is 1.47 bits per heavy atom. The molecule has 0 bridgehead atoms. The number of carboxylic acid groups (broad SMARTS) is 1. The van der Waals surface area contributed by atoms with Gasteiger partial charge in [0.15, 0.2) is 0 Å². The van der Waals surface area contributed by atoms with Crippen LogP contribution in [-0.4, -0.2) is 32.5 Å². The fourth-order valence-electron chi connectivity index (χ4n) is 1.15. The van der Waals surface area contributed by atoms with E-state index < -0.39 is 24.6 Å². The van der Waals surface area contributed by atoms with Crippen LogP contribution in [0.15, 0.2) is 11.4 Å². The van der Waals surface area contributed by atoms with Crippen LogP contribution in [0.3, 0.4) is 0 Å². The van der Waals surface area contributed by atoms with Gasteiger partial charge in [-0.1, -0.05) is 0 Å². The van der Waals surface area contributed by atoms with Crippen molar-refractivity contribution in [3.8, 4) is 0 Å². The largest absolute Gasteiger partial charge is 0.481 e. The molecule has 0 aliphatic rings. The van der Waals surface area contributed by atoms with Gasteiger partial charge in [-0.25, -0.2) is 0 Å². The zero-order valence-electron chi connectivity index (χ0n) is 7.83. The summed E-state index contributed by atoms with van der Waals surface area (Å²) in [6.07, 6.45) is -3.06. The Bertz CT molecular complexity index is 335. The lowest BCUT2D eigenvalue weighted by Gasteiger charge is -2.14. The molecule has 6 heteroatoms. The Morgan fingerprint density at radius 3 is 2.60 bits per heavy atom. The van der Waals surface area contributed by atoms with E-state index in [0.29, 0.717) is 10.4 Å². The molecule has 0 radical (unpaired) electrons. The van der Waals surface area contributed by atoms with Crippen molar-refractivity contribution in [2.75, 3.05) is 0 Å². The van der Waals surface area contributed by atoms with E-state index in [1.807, 2.05) is 0 Å². The number of aliphatic hydroxyl groups excluding tert-OH is 3. The lowest BCUT2D eigenvalue weighted by Crippen LogP contribution is -2.21. The molecule has 0 amide bonds. The molecule has 1 rings (SSSR count). The summed E-state index contributed by atoms with van der Waals surface area (Å²) in [5.74, 6) is -1.17. The van der Waals surface area contributed by atoms with E-state index in [2.05, 4.69) is 0 Å². The highest BCUT2D eigenvalue weighted by molar-refractivity contribution is 7.10. The third kappa shape index (κ3) is 3.28. The van der Waals surface area contributed by atoms with Crippen LogP contribution in [0.25, 0.3) is 0 Å². The van der Waals surface area contributed by atoms with Crippen LogP contribution >= 0.6 is 11.3 Å². The minimum atomic E-state index is -1.33. The molecule has 5 nitrogen and oxygen atoms in total. The maximum Gasteiger partial charge on any atom is 0.306 e. The number of thiophene rings is 1. The SMILES string of the molecule is O=C(O)CC(O)C(O)c1csc(CO)c1. The van der Waals surface area contributed by atoms with E-state index in [0.717, 1.165) is 0 Å². The van der Waals surface area contributed by atoms with Gasteiger partial charge in [-0.15, -0.1) is 11.3 Å². The maximum atomic E-state index is 10.3. The highest BCUT2D eigenvalue weighted by atomic mass is 32.1. The predicted octanol–water partition coefficient (Wildman–Crippen LogP) is 0.109. The first-order valence-electron chi connectivity index (χ1n) is 4.30. The zero-order chi connectivity index (χ0) is 11.4. The fourth-order valence-corrected chi connectivity index (χ4v) is 1.92. The van der Waals surface area contributed by atoms with Gasteiger partial charge in [0.2, 0.25) is 0 Å². The minimum Gasteiger partial charge on any atom is -0.481 e. The Labute approximate surface area is 90.2 Å².